The summed E-state index contributed by atoms with van der Waals surface area (Å²) in [4.78, 5) is 0. The Morgan fingerprint density at radius 3 is 2.78 bits per heavy atom. The molecule has 3 nitrogen and oxygen atoms in total. The van der Waals surface area contributed by atoms with Crippen molar-refractivity contribution in [3.63, 3.8) is 0 Å². The third kappa shape index (κ3) is 2.17. The van der Waals surface area contributed by atoms with Crippen molar-refractivity contribution in [2.45, 2.75) is 39.7 Å². The van der Waals surface area contributed by atoms with Gasteiger partial charge in [0.1, 0.15) is 11.6 Å². The molecule has 0 saturated carbocycles. The molecule has 1 aliphatic heterocycles. The van der Waals surface area contributed by atoms with Crippen LogP contribution < -0.4 is 0 Å². The van der Waals surface area contributed by atoms with Crippen molar-refractivity contribution in [2.24, 2.45) is 5.92 Å². The van der Waals surface area contributed by atoms with Gasteiger partial charge < -0.3 is 4.57 Å². The maximum atomic E-state index is 4.36. The molecule has 1 aromatic heterocycles. The molecule has 0 amide bonds. The molecule has 0 N–H and O–H groups in total. The summed E-state index contributed by atoms with van der Waals surface area (Å²) in [7, 11) is 0. The van der Waals surface area contributed by atoms with Crippen molar-refractivity contribution in [3.8, 4) is 0 Å². The third-order valence-electron chi connectivity index (χ3n) is 3.76. The van der Waals surface area contributed by atoms with E-state index in [0.717, 1.165) is 37.0 Å². The molecule has 94 valence electrons. The number of benzene rings is 1. The predicted octanol–water partition coefficient (Wildman–Crippen LogP) is 2.76. The van der Waals surface area contributed by atoms with Crippen molar-refractivity contribution in [3.05, 3.63) is 47.0 Å². The van der Waals surface area contributed by atoms with Crippen LogP contribution in [-0.2, 0) is 19.4 Å². The summed E-state index contributed by atoms with van der Waals surface area (Å²) in [6.45, 7) is 5.48. The van der Waals surface area contributed by atoms with E-state index in [2.05, 4.69) is 52.9 Å². The zero-order chi connectivity index (χ0) is 12.5. The lowest BCUT2D eigenvalue weighted by Crippen LogP contribution is -2.19. The Kier molecular flexibility index (Phi) is 2.90. The second kappa shape index (κ2) is 4.56. The minimum atomic E-state index is 0.744. The second-order valence-electron chi connectivity index (χ2n) is 5.44. The number of rotatable bonds is 2. The van der Waals surface area contributed by atoms with Gasteiger partial charge in [-0.05, 0) is 24.8 Å². The summed E-state index contributed by atoms with van der Waals surface area (Å²) in [5, 5.41) is 8.70. The number of fused-ring (bicyclic) bond motifs is 1. The topological polar surface area (TPSA) is 30.7 Å². The van der Waals surface area contributed by atoms with Gasteiger partial charge >= 0.3 is 0 Å². The Morgan fingerprint density at radius 2 is 2.00 bits per heavy atom. The standard InChI is InChI=1S/C15H19N3/c1-11-3-5-13(6-4-11)10-15-17-16-14-9-12(2)7-8-18(14)15/h3-6,12H,7-10H2,1-2H3. The molecule has 18 heavy (non-hydrogen) atoms. The SMILES string of the molecule is Cc1ccc(Cc2nnc3n2CCC(C)C3)cc1. The lowest BCUT2D eigenvalue weighted by molar-refractivity contribution is 0.404. The summed E-state index contributed by atoms with van der Waals surface area (Å²) in [6, 6.07) is 8.68. The van der Waals surface area contributed by atoms with Gasteiger partial charge in [0, 0.05) is 19.4 Å². The maximum Gasteiger partial charge on any atom is 0.137 e. The number of nitrogens with zero attached hydrogens (tertiary/aromatic N) is 3. The van der Waals surface area contributed by atoms with Gasteiger partial charge in [0.2, 0.25) is 0 Å². The van der Waals surface area contributed by atoms with Crippen LogP contribution in [0.15, 0.2) is 24.3 Å². The molecule has 1 aromatic carbocycles. The van der Waals surface area contributed by atoms with Gasteiger partial charge in [0.15, 0.2) is 0 Å². The molecule has 2 aromatic rings. The summed E-state index contributed by atoms with van der Waals surface area (Å²) in [5.41, 5.74) is 2.62. The average Bonchev–Trinajstić information content (AvgIpc) is 2.74. The summed E-state index contributed by atoms with van der Waals surface area (Å²) < 4.78 is 2.31. The molecule has 2 heterocycles. The summed E-state index contributed by atoms with van der Waals surface area (Å²) in [5.74, 6) is 3.02. The Bertz CT molecular complexity index is 539. The average molecular weight is 241 g/mol. The molecular weight excluding hydrogens is 222 g/mol. The fourth-order valence-corrected chi connectivity index (χ4v) is 2.56. The Labute approximate surface area is 108 Å². The van der Waals surface area contributed by atoms with Gasteiger partial charge in [0.05, 0.1) is 0 Å². The first-order chi connectivity index (χ1) is 8.72. The van der Waals surface area contributed by atoms with Crippen LogP contribution in [0.1, 0.15) is 36.1 Å². The smallest absolute Gasteiger partial charge is 0.137 e. The molecule has 0 radical (unpaired) electrons. The van der Waals surface area contributed by atoms with E-state index in [0.29, 0.717) is 0 Å². The molecule has 1 aliphatic rings. The second-order valence-corrected chi connectivity index (χ2v) is 5.44. The quantitative estimate of drug-likeness (QED) is 0.809. The van der Waals surface area contributed by atoms with Gasteiger partial charge in [-0.3, -0.25) is 0 Å². The summed E-state index contributed by atoms with van der Waals surface area (Å²) in [6.07, 6.45) is 3.20. The minimum Gasteiger partial charge on any atom is -0.315 e. The predicted molar refractivity (Wildman–Crippen MR) is 71.5 cm³/mol. The van der Waals surface area contributed by atoms with Crippen molar-refractivity contribution in [1.29, 1.82) is 0 Å². The highest BCUT2D eigenvalue weighted by Gasteiger charge is 2.19. The van der Waals surface area contributed by atoms with Gasteiger partial charge in [-0.2, -0.15) is 0 Å². The molecule has 0 bridgehead atoms. The normalized spacial score (nSPS) is 18.7. The van der Waals surface area contributed by atoms with Crippen LogP contribution in [0.5, 0.6) is 0 Å². The molecule has 1 unspecified atom stereocenters. The number of hydrogen-bond donors (Lipinski definition) is 0. The van der Waals surface area contributed by atoms with Crippen LogP contribution in [0.25, 0.3) is 0 Å². The molecule has 0 aliphatic carbocycles. The zero-order valence-electron chi connectivity index (χ0n) is 11.1. The van der Waals surface area contributed by atoms with E-state index < -0.39 is 0 Å². The highest BCUT2D eigenvalue weighted by Crippen LogP contribution is 2.20. The molecular formula is C15H19N3. The van der Waals surface area contributed by atoms with Crippen molar-refractivity contribution >= 4 is 0 Å². The van der Waals surface area contributed by atoms with Gasteiger partial charge in [0.25, 0.3) is 0 Å². The lowest BCUT2D eigenvalue weighted by atomic mass is 10.00. The third-order valence-corrected chi connectivity index (χ3v) is 3.76. The summed E-state index contributed by atoms with van der Waals surface area (Å²) >= 11 is 0. The van der Waals surface area contributed by atoms with E-state index in [1.807, 2.05) is 0 Å². The number of hydrogen-bond acceptors (Lipinski definition) is 2. The highest BCUT2D eigenvalue weighted by atomic mass is 15.3. The van der Waals surface area contributed by atoms with E-state index in [9.17, 15) is 0 Å². The van der Waals surface area contributed by atoms with Gasteiger partial charge in [-0.25, -0.2) is 0 Å². The molecule has 0 saturated heterocycles. The Morgan fingerprint density at radius 1 is 1.22 bits per heavy atom. The lowest BCUT2D eigenvalue weighted by Gasteiger charge is -2.20. The van der Waals surface area contributed by atoms with Crippen molar-refractivity contribution in [1.82, 2.24) is 14.8 Å². The van der Waals surface area contributed by atoms with Gasteiger partial charge in [-0.15, -0.1) is 10.2 Å². The minimum absolute atomic E-state index is 0.744. The van der Waals surface area contributed by atoms with Crippen LogP contribution in [0.2, 0.25) is 0 Å². The first-order valence-electron chi connectivity index (χ1n) is 6.69. The molecule has 1 atom stereocenters. The largest absolute Gasteiger partial charge is 0.315 e. The van der Waals surface area contributed by atoms with E-state index >= 15 is 0 Å². The molecule has 0 spiro atoms. The van der Waals surface area contributed by atoms with E-state index in [-0.39, 0.29) is 0 Å². The Balaban J connectivity index is 1.83. The van der Waals surface area contributed by atoms with Crippen LogP contribution in [0.4, 0.5) is 0 Å². The van der Waals surface area contributed by atoms with E-state index in [4.69, 9.17) is 0 Å². The van der Waals surface area contributed by atoms with Crippen molar-refractivity contribution < 1.29 is 0 Å². The Hall–Kier alpha value is -1.64. The van der Waals surface area contributed by atoms with Crippen LogP contribution >= 0.6 is 0 Å². The number of aromatic nitrogens is 3. The zero-order valence-corrected chi connectivity index (χ0v) is 11.1. The number of aryl methyl sites for hydroxylation is 1. The molecule has 3 rings (SSSR count). The van der Waals surface area contributed by atoms with E-state index in [1.165, 1.54) is 17.5 Å². The van der Waals surface area contributed by atoms with Crippen LogP contribution in [0.3, 0.4) is 0 Å². The van der Waals surface area contributed by atoms with Crippen LogP contribution in [-0.4, -0.2) is 14.8 Å². The first-order valence-corrected chi connectivity index (χ1v) is 6.69. The molecule has 3 heteroatoms. The van der Waals surface area contributed by atoms with Crippen molar-refractivity contribution in [2.75, 3.05) is 0 Å². The first kappa shape index (κ1) is 11.5. The molecule has 0 fully saturated rings. The van der Waals surface area contributed by atoms with Gasteiger partial charge in [-0.1, -0.05) is 36.8 Å². The fraction of sp³-hybridized carbons (Fsp3) is 0.467. The van der Waals surface area contributed by atoms with Crippen LogP contribution in [0, 0.1) is 12.8 Å². The monoisotopic (exact) mass is 241 g/mol. The maximum absolute atomic E-state index is 4.36. The van der Waals surface area contributed by atoms with E-state index in [1.54, 1.807) is 0 Å². The highest BCUT2D eigenvalue weighted by molar-refractivity contribution is 5.24. The fourth-order valence-electron chi connectivity index (χ4n) is 2.56.